The summed E-state index contributed by atoms with van der Waals surface area (Å²) >= 11 is 0. The van der Waals surface area contributed by atoms with Gasteiger partial charge in [-0.25, -0.2) is 14.6 Å². The van der Waals surface area contributed by atoms with Gasteiger partial charge in [-0.1, -0.05) is 0 Å². The molecule has 2 fully saturated rings. The first kappa shape index (κ1) is 19.0. The van der Waals surface area contributed by atoms with Crippen molar-refractivity contribution >= 4 is 18.1 Å². The highest BCUT2D eigenvalue weighted by atomic mass is 16.4. The van der Waals surface area contributed by atoms with E-state index < -0.39 is 18.2 Å². The number of hydrogen-bond donors (Lipinski definition) is 2. The molecule has 0 radical (unpaired) electrons. The van der Waals surface area contributed by atoms with E-state index in [-0.39, 0.29) is 31.6 Å². The van der Waals surface area contributed by atoms with Crippen molar-refractivity contribution in [3.63, 3.8) is 0 Å². The molecule has 3 rings (SSSR count). The third-order valence-electron chi connectivity index (χ3n) is 5.37. The number of carbonyl (C=O) groups is 3. The monoisotopic (exact) mass is 379 g/mol. The summed E-state index contributed by atoms with van der Waals surface area (Å²) in [6, 6.07) is -0.967. The number of amides is 3. The van der Waals surface area contributed by atoms with Crippen molar-refractivity contribution in [2.45, 2.75) is 44.3 Å². The molecule has 3 heterocycles. The van der Waals surface area contributed by atoms with Crippen LogP contribution < -0.4 is 0 Å². The van der Waals surface area contributed by atoms with Crippen LogP contribution in [0.3, 0.4) is 0 Å². The quantitative estimate of drug-likeness (QED) is 0.805. The van der Waals surface area contributed by atoms with Crippen molar-refractivity contribution in [1.82, 2.24) is 24.3 Å². The fourth-order valence-electron chi connectivity index (χ4n) is 3.90. The predicted molar refractivity (Wildman–Crippen MR) is 94.3 cm³/mol. The summed E-state index contributed by atoms with van der Waals surface area (Å²) in [7, 11) is 0. The molecular formula is C17H25N5O5. The lowest BCUT2D eigenvalue weighted by atomic mass is 9.97. The summed E-state index contributed by atoms with van der Waals surface area (Å²) in [4.78, 5) is 44.0. The molecule has 3 amide bonds. The van der Waals surface area contributed by atoms with E-state index in [1.165, 1.54) is 0 Å². The molecule has 2 saturated heterocycles. The minimum absolute atomic E-state index is 0.00554. The van der Waals surface area contributed by atoms with Crippen LogP contribution in [0.5, 0.6) is 0 Å². The SMILES string of the molecule is O=C(O)N1CCN(C(=O)O)C(C(=O)N2CCCCC2CCn2ccnc2)C1. The van der Waals surface area contributed by atoms with E-state index >= 15 is 0 Å². The van der Waals surface area contributed by atoms with E-state index in [9.17, 15) is 24.6 Å². The topological polar surface area (TPSA) is 119 Å². The highest BCUT2D eigenvalue weighted by Gasteiger charge is 2.41. The van der Waals surface area contributed by atoms with Crippen molar-refractivity contribution in [3.05, 3.63) is 18.7 Å². The number of carbonyl (C=O) groups excluding carboxylic acids is 1. The van der Waals surface area contributed by atoms with Crippen molar-refractivity contribution in [1.29, 1.82) is 0 Å². The van der Waals surface area contributed by atoms with E-state index in [2.05, 4.69) is 4.98 Å². The molecule has 10 nitrogen and oxygen atoms in total. The Morgan fingerprint density at radius 1 is 1.04 bits per heavy atom. The summed E-state index contributed by atoms with van der Waals surface area (Å²) in [5.41, 5.74) is 0. The summed E-state index contributed by atoms with van der Waals surface area (Å²) < 4.78 is 1.95. The Balaban J connectivity index is 1.72. The molecule has 2 aliphatic rings. The predicted octanol–water partition coefficient (Wildman–Crippen LogP) is 0.996. The Bertz CT molecular complexity index is 679. The molecule has 1 aromatic rings. The number of piperazine rings is 1. The first-order valence-electron chi connectivity index (χ1n) is 9.21. The maximum Gasteiger partial charge on any atom is 0.408 e. The molecule has 10 heteroatoms. The van der Waals surface area contributed by atoms with Crippen LogP contribution in [-0.4, -0.2) is 90.8 Å². The van der Waals surface area contributed by atoms with Gasteiger partial charge in [0.25, 0.3) is 0 Å². The molecule has 2 aliphatic heterocycles. The number of imidazole rings is 1. The number of piperidine rings is 1. The number of likely N-dealkylation sites (tertiary alicyclic amines) is 1. The first-order valence-corrected chi connectivity index (χ1v) is 9.21. The molecule has 27 heavy (non-hydrogen) atoms. The zero-order chi connectivity index (χ0) is 19.4. The molecule has 0 aliphatic carbocycles. The molecule has 0 aromatic carbocycles. The first-order chi connectivity index (χ1) is 13.0. The molecule has 2 atom stereocenters. The van der Waals surface area contributed by atoms with Crippen LogP contribution >= 0.6 is 0 Å². The Morgan fingerprint density at radius 2 is 1.85 bits per heavy atom. The van der Waals surface area contributed by atoms with E-state index in [4.69, 9.17) is 0 Å². The van der Waals surface area contributed by atoms with Crippen molar-refractivity contribution in [2.24, 2.45) is 0 Å². The van der Waals surface area contributed by atoms with Crippen LogP contribution in [0.1, 0.15) is 25.7 Å². The van der Waals surface area contributed by atoms with Gasteiger partial charge < -0.3 is 24.6 Å². The highest BCUT2D eigenvalue weighted by molar-refractivity contribution is 5.87. The zero-order valence-electron chi connectivity index (χ0n) is 15.1. The maximum atomic E-state index is 13.2. The minimum atomic E-state index is -1.19. The van der Waals surface area contributed by atoms with Gasteiger partial charge in [0.2, 0.25) is 5.91 Å². The molecule has 1 aromatic heterocycles. The second kappa shape index (κ2) is 8.28. The standard InChI is InChI=1S/C17H25N5O5/c23-15(14-11-20(16(24)25)9-10-22(14)17(26)27)21-6-2-1-3-13(21)4-7-19-8-5-18-12-19/h5,8,12-14H,1-4,6-7,9-11H2,(H,24,25)(H,26,27). The number of hydrogen-bond acceptors (Lipinski definition) is 4. The van der Waals surface area contributed by atoms with Gasteiger partial charge in [-0.15, -0.1) is 0 Å². The Hall–Kier alpha value is -2.78. The van der Waals surface area contributed by atoms with Gasteiger partial charge in [-0.3, -0.25) is 9.69 Å². The molecule has 0 bridgehead atoms. The number of rotatable bonds is 4. The fourth-order valence-corrected chi connectivity index (χ4v) is 3.90. The number of aryl methyl sites for hydroxylation is 1. The smallest absolute Gasteiger partial charge is 0.408 e. The lowest BCUT2D eigenvalue weighted by Gasteiger charge is -2.43. The summed E-state index contributed by atoms with van der Waals surface area (Å²) in [5.74, 6) is -0.293. The zero-order valence-corrected chi connectivity index (χ0v) is 15.1. The second-order valence-corrected chi connectivity index (χ2v) is 6.99. The number of nitrogens with zero attached hydrogens (tertiary/aromatic N) is 5. The molecule has 0 saturated carbocycles. The van der Waals surface area contributed by atoms with Crippen molar-refractivity contribution in [2.75, 3.05) is 26.2 Å². The van der Waals surface area contributed by atoms with Gasteiger partial charge in [0.05, 0.1) is 12.9 Å². The van der Waals surface area contributed by atoms with Crippen LogP contribution in [0, 0.1) is 0 Å². The Morgan fingerprint density at radius 3 is 2.52 bits per heavy atom. The van der Waals surface area contributed by atoms with Crippen molar-refractivity contribution in [3.8, 4) is 0 Å². The van der Waals surface area contributed by atoms with Crippen LogP contribution in [0.2, 0.25) is 0 Å². The molecule has 2 N–H and O–H groups in total. The minimum Gasteiger partial charge on any atom is -0.465 e. The maximum absolute atomic E-state index is 13.2. The largest absolute Gasteiger partial charge is 0.465 e. The van der Waals surface area contributed by atoms with Gasteiger partial charge in [0, 0.05) is 44.6 Å². The van der Waals surface area contributed by atoms with Gasteiger partial charge in [0.15, 0.2) is 0 Å². The fraction of sp³-hybridized carbons (Fsp3) is 0.647. The van der Waals surface area contributed by atoms with Gasteiger partial charge in [-0.2, -0.15) is 0 Å². The summed E-state index contributed by atoms with van der Waals surface area (Å²) in [5, 5.41) is 18.7. The molecule has 2 unspecified atom stereocenters. The van der Waals surface area contributed by atoms with Crippen LogP contribution in [0.15, 0.2) is 18.7 Å². The lowest BCUT2D eigenvalue weighted by Crippen LogP contribution is -2.63. The average Bonchev–Trinajstić information content (AvgIpc) is 3.19. The van der Waals surface area contributed by atoms with Crippen LogP contribution in [0.25, 0.3) is 0 Å². The third-order valence-corrected chi connectivity index (χ3v) is 5.37. The summed E-state index contributed by atoms with van der Waals surface area (Å²) in [6.45, 7) is 1.26. The van der Waals surface area contributed by atoms with E-state index in [1.807, 2.05) is 10.8 Å². The van der Waals surface area contributed by atoms with Gasteiger partial charge in [0.1, 0.15) is 6.04 Å². The van der Waals surface area contributed by atoms with Gasteiger partial charge >= 0.3 is 12.2 Å². The number of aromatic nitrogens is 2. The highest BCUT2D eigenvalue weighted by Crippen LogP contribution is 2.23. The van der Waals surface area contributed by atoms with Crippen LogP contribution in [0.4, 0.5) is 9.59 Å². The van der Waals surface area contributed by atoms with E-state index in [1.54, 1.807) is 17.4 Å². The average molecular weight is 379 g/mol. The lowest BCUT2D eigenvalue weighted by molar-refractivity contribution is -0.142. The Kier molecular flexibility index (Phi) is 5.82. The molecule has 0 spiro atoms. The number of carboxylic acid groups (broad SMARTS) is 2. The Labute approximate surface area is 157 Å². The van der Waals surface area contributed by atoms with Gasteiger partial charge in [-0.05, 0) is 25.7 Å². The van der Waals surface area contributed by atoms with Crippen molar-refractivity contribution < 1.29 is 24.6 Å². The molecular weight excluding hydrogens is 354 g/mol. The van der Waals surface area contributed by atoms with Crippen LogP contribution in [-0.2, 0) is 11.3 Å². The third kappa shape index (κ3) is 4.32. The molecule has 148 valence electrons. The normalized spacial score (nSPS) is 23.3. The van der Waals surface area contributed by atoms with E-state index in [0.29, 0.717) is 6.54 Å². The second-order valence-electron chi connectivity index (χ2n) is 6.99. The summed E-state index contributed by atoms with van der Waals surface area (Å²) in [6.07, 6.45) is 6.49. The van der Waals surface area contributed by atoms with E-state index in [0.717, 1.165) is 42.0 Å².